The number of ether oxygens (including phenoxy) is 5. The molecule has 0 saturated heterocycles. The number of halogens is 4. The van der Waals surface area contributed by atoms with Crippen molar-refractivity contribution >= 4 is 17.8 Å². The highest BCUT2D eigenvalue weighted by Crippen LogP contribution is 2.39. The predicted octanol–water partition coefficient (Wildman–Crippen LogP) is 5.82. The van der Waals surface area contributed by atoms with Gasteiger partial charge in [-0.25, -0.2) is 4.79 Å². The van der Waals surface area contributed by atoms with Gasteiger partial charge in [0.25, 0.3) is 5.79 Å². The molecule has 0 radical (unpaired) electrons. The maximum atomic E-state index is 12.2. The molecule has 0 bridgehead atoms. The Bertz CT molecular complexity index is 967. The van der Waals surface area contributed by atoms with Gasteiger partial charge in [-0.1, -0.05) is 18.5 Å². The molecule has 1 heterocycles. The number of carboxylic acid groups (broad SMARTS) is 1. The number of hydrogen-bond donors (Lipinski definition) is 1. The molecule has 7 nitrogen and oxygen atoms in total. The van der Waals surface area contributed by atoms with Gasteiger partial charge in [0.15, 0.2) is 0 Å². The van der Waals surface area contributed by atoms with Crippen molar-refractivity contribution in [2.45, 2.75) is 38.3 Å². The minimum atomic E-state index is -4.80. The lowest BCUT2D eigenvalue weighted by molar-refractivity contribution is -0.274. The summed E-state index contributed by atoms with van der Waals surface area (Å²) >= 11 is 5.93. The highest BCUT2D eigenvalue weighted by atomic mass is 35.5. The molecule has 0 unspecified atom stereocenters. The number of carbonyl (C=O) groups is 1. The van der Waals surface area contributed by atoms with E-state index in [-0.39, 0.29) is 23.8 Å². The van der Waals surface area contributed by atoms with E-state index in [9.17, 15) is 18.0 Å². The number of rotatable bonds is 9. The molecule has 1 aliphatic rings. The molecule has 1 atom stereocenters. The van der Waals surface area contributed by atoms with E-state index in [1.807, 2.05) is 0 Å². The summed E-state index contributed by atoms with van der Waals surface area (Å²) in [5.74, 6) is -0.330. The van der Waals surface area contributed by atoms with E-state index >= 15 is 0 Å². The molecule has 1 N–H and O–H groups in total. The van der Waals surface area contributed by atoms with Crippen LogP contribution < -0.4 is 18.9 Å². The van der Waals surface area contributed by atoms with E-state index in [1.165, 1.54) is 6.07 Å². The monoisotopic (exact) mass is 476 g/mol. The molecular formula is C21H20ClF3O7. The summed E-state index contributed by atoms with van der Waals surface area (Å²) in [4.78, 5) is 10.9. The Balaban J connectivity index is 1.46. The fraction of sp³-hybridized carbons (Fsp3) is 0.381. The third kappa shape index (κ3) is 6.25. The fourth-order valence-corrected chi connectivity index (χ4v) is 3.35. The lowest BCUT2D eigenvalue weighted by atomic mass is 10.1. The lowest BCUT2D eigenvalue weighted by Crippen LogP contribution is -2.38. The van der Waals surface area contributed by atoms with E-state index in [4.69, 9.17) is 35.7 Å². The maximum Gasteiger partial charge on any atom is 0.573 e. The predicted molar refractivity (Wildman–Crippen MR) is 107 cm³/mol. The largest absolute Gasteiger partial charge is 0.573 e. The van der Waals surface area contributed by atoms with Crippen molar-refractivity contribution in [2.75, 3.05) is 13.2 Å². The third-order valence-corrected chi connectivity index (χ3v) is 4.85. The van der Waals surface area contributed by atoms with Gasteiger partial charge < -0.3 is 28.8 Å². The average molecular weight is 477 g/mol. The minimum Gasteiger partial charge on any atom is -0.493 e. The third-order valence-electron chi connectivity index (χ3n) is 4.55. The van der Waals surface area contributed by atoms with E-state index in [0.717, 1.165) is 17.7 Å². The second kappa shape index (κ2) is 9.64. The standard InChI is InChI=1S/C21H20ClF3O7/c1-2-20(32-19(26)27)12-13-10-14(4-6-17(13)31-20)28-8-3-9-29-18-7-5-15(11-16(18)22)30-21(23,24)25/h4-7,10-11H,2-3,8-9,12H2,1H3,(H,26,27)/t20-/m0/s1. The first kappa shape index (κ1) is 23.6. The van der Waals surface area contributed by atoms with Crippen LogP contribution in [-0.2, 0) is 11.2 Å². The van der Waals surface area contributed by atoms with Gasteiger partial charge in [0.1, 0.15) is 23.0 Å². The second-order valence-corrected chi connectivity index (χ2v) is 7.28. The van der Waals surface area contributed by atoms with E-state index in [0.29, 0.717) is 30.9 Å². The molecule has 2 aromatic rings. The van der Waals surface area contributed by atoms with E-state index in [1.54, 1.807) is 25.1 Å². The molecule has 32 heavy (non-hydrogen) atoms. The van der Waals surface area contributed by atoms with Crippen molar-refractivity contribution in [2.24, 2.45) is 0 Å². The molecule has 2 aromatic carbocycles. The number of hydrogen-bond acceptors (Lipinski definition) is 6. The van der Waals surface area contributed by atoms with Gasteiger partial charge in [0.05, 0.1) is 24.7 Å². The summed E-state index contributed by atoms with van der Waals surface area (Å²) < 4.78 is 62.3. The van der Waals surface area contributed by atoms with Gasteiger partial charge in [-0.05, 0) is 30.3 Å². The Labute approximate surface area is 186 Å². The van der Waals surface area contributed by atoms with Crippen LogP contribution in [0.4, 0.5) is 18.0 Å². The van der Waals surface area contributed by atoms with E-state index < -0.39 is 24.1 Å². The summed E-state index contributed by atoms with van der Waals surface area (Å²) in [5, 5.41) is 8.92. The fourth-order valence-electron chi connectivity index (χ4n) is 3.12. The summed E-state index contributed by atoms with van der Waals surface area (Å²) in [6, 6.07) is 8.58. The quantitative estimate of drug-likeness (QED) is 0.360. The Kier molecular flexibility index (Phi) is 7.12. The van der Waals surface area contributed by atoms with Crippen LogP contribution in [0, 0.1) is 0 Å². The molecule has 0 saturated carbocycles. The summed E-state index contributed by atoms with van der Waals surface area (Å²) in [6.45, 7) is 2.30. The molecule has 1 aliphatic heterocycles. The number of benzene rings is 2. The van der Waals surface area contributed by atoms with Crippen molar-refractivity contribution < 1.29 is 46.8 Å². The van der Waals surface area contributed by atoms with Crippen LogP contribution in [0.5, 0.6) is 23.0 Å². The molecule has 0 aromatic heterocycles. The molecule has 3 rings (SSSR count). The topological polar surface area (TPSA) is 83.5 Å². The molecule has 0 aliphatic carbocycles. The maximum absolute atomic E-state index is 12.2. The normalized spacial score (nSPS) is 17.3. The van der Waals surface area contributed by atoms with Crippen LogP contribution in [0.15, 0.2) is 36.4 Å². The highest BCUT2D eigenvalue weighted by molar-refractivity contribution is 6.32. The van der Waals surface area contributed by atoms with E-state index in [2.05, 4.69) is 4.74 Å². The van der Waals surface area contributed by atoms with Crippen molar-refractivity contribution in [1.82, 2.24) is 0 Å². The zero-order valence-corrected chi connectivity index (χ0v) is 17.7. The van der Waals surface area contributed by atoms with Crippen LogP contribution >= 0.6 is 11.6 Å². The Morgan fingerprint density at radius 3 is 2.53 bits per heavy atom. The van der Waals surface area contributed by atoms with Crippen LogP contribution in [-0.4, -0.2) is 36.6 Å². The molecule has 0 amide bonds. The van der Waals surface area contributed by atoms with Gasteiger partial charge in [0.2, 0.25) is 0 Å². The lowest BCUT2D eigenvalue weighted by Gasteiger charge is -2.25. The number of alkyl halides is 3. The average Bonchev–Trinajstić information content (AvgIpc) is 3.05. The molecular weight excluding hydrogens is 457 g/mol. The van der Waals surface area contributed by atoms with Crippen molar-refractivity contribution in [3.05, 3.63) is 47.0 Å². The van der Waals surface area contributed by atoms with Crippen LogP contribution in [0.3, 0.4) is 0 Å². The SMILES string of the molecule is CC[C@]1(OC(=O)O)Cc2cc(OCCCOc3ccc(OC(F)(F)F)cc3Cl)ccc2O1. The zero-order chi connectivity index (χ0) is 23.4. The summed E-state index contributed by atoms with van der Waals surface area (Å²) in [7, 11) is 0. The summed E-state index contributed by atoms with van der Waals surface area (Å²) in [5.41, 5.74) is 0.773. The molecule has 0 spiro atoms. The first-order valence-corrected chi connectivity index (χ1v) is 10.0. The molecule has 174 valence electrons. The number of fused-ring (bicyclic) bond motifs is 1. The van der Waals surface area contributed by atoms with Crippen molar-refractivity contribution in [3.8, 4) is 23.0 Å². The molecule has 0 fully saturated rings. The Hall–Kier alpha value is -3.01. The van der Waals surface area contributed by atoms with Crippen LogP contribution in [0.25, 0.3) is 0 Å². The molecule has 11 heteroatoms. The van der Waals surface area contributed by atoms with Gasteiger partial charge >= 0.3 is 12.5 Å². The first-order valence-electron chi connectivity index (χ1n) is 9.64. The van der Waals surface area contributed by atoms with Gasteiger partial charge in [-0.15, -0.1) is 13.2 Å². The highest BCUT2D eigenvalue weighted by Gasteiger charge is 2.42. The van der Waals surface area contributed by atoms with Gasteiger partial charge in [0, 0.05) is 24.5 Å². The van der Waals surface area contributed by atoms with Crippen LogP contribution in [0.2, 0.25) is 5.02 Å². The zero-order valence-electron chi connectivity index (χ0n) is 16.9. The van der Waals surface area contributed by atoms with Crippen molar-refractivity contribution in [1.29, 1.82) is 0 Å². The minimum absolute atomic E-state index is 0.00530. The Morgan fingerprint density at radius 1 is 1.16 bits per heavy atom. The van der Waals surface area contributed by atoms with Gasteiger partial charge in [-0.3, -0.25) is 0 Å². The Morgan fingerprint density at radius 2 is 1.88 bits per heavy atom. The van der Waals surface area contributed by atoms with Gasteiger partial charge in [-0.2, -0.15) is 0 Å². The first-order chi connectivity index (χ1) is 15.1. The van der Waals surface area contributed by atoms with Crippen LogP contribution in [0.1, 0.15) is 25.3 Å². The second-order valence-electron chi connectivity index (χ2n) is 6.87. The smallest absolute Gasteiger partial charge is 0.493 e. The summed E-state index contributed by atoms with van der Waals surface area (Å²) in [6.07, 6.45) is -5.09. The van der Waals surface area contributed by atoms with Crippen molar-refractivity contribution in [3.63, 3.8) is 0 Å².